The Balaban J connectivity index is 2.96. The van der Waals surface area contributed by atoms with Gasteiger partial charge in [-0.2, -0.15) is 13.2 Å². The number of alkyl halides is 4. The van der Waals surface area contributed by atoms with Gasteiger partial charge in [-0.1, -0.05) is 0 Å². The van der Waals surface area contributed by atoms with E-state index in [0.717, 1.165) is 0 Å². The van der Waals surface area contributed by atoms with E-state index in [1.807, 2.05) is 0 Å². The molecule has 1 rings (SSSR count). The molecule has 0 aromatic rings. The number of rotatable bonds is 2. The van der Waals surface area contributed by atoms with E-state index >= 15 is 0 Å². The molecule has 0 bridgehead atoms. The van der Waals surface area contributed by atoms with Gasteiger partial charge in [0.25, 0.3) is 0 Å². The van der Waals surface area contributed by atoms with Crippen molar-refractivity contribution < 1.29 is 32.3 Å². The highest BCUT2D eigenvalue weighted by atomic mass is 19.4. The summed E-state index contributed by atoms with van der Waals surface area (Å²) in [6, 6.07) is 0. The number of carbonyl (C=O) groups is 2. The molecule has 1 heterocycles. The van der Waals surface area contributed by atoms with Crippen molar-refractivity contribution in [3.63, 3.8) is 0 Å². The molecule has 1 N–H and O–H groups in total. The molecule has 4 nitrogen and oxygen atoms in total. The van der Waals surface area contributed by atoms with Crippen LogP contribution in [0.3, 0.4) is 0 Å². The lowest BCUT2D eigenvalue weighted by atomic mass is 9.84. The third-order valence-corrected chi connectivity index (χ3v) is 3.34. The number of aliphatic carboxylic acids is 1. The third-order valence-electron chi connectivity index (χ3n) is 3.34. The fraction of sp³-hybridized carbons (Fsp3) is 0.800. The van der Waals surface area contributed by atoms with Crippen LogP contribution in [0.25, 0.3) is 0 Å². The Morgan fingerprint density at radius 3 is 2.28 bits per heavy atom. The minimum Gasteiger partial charge on any atom is -0.479 e. The van der Waals surface area contributed by atoms with E-state index in [-0.39, 0.29) is 13.0 Å². The molecule has 18 heavy (non-hydrogen) atoms. The van der Waals surface area contributed by atoms with Crippen LogP contribution in [0.4, 0.5) is 17.6 Å². The van der Waals surface area contributed by atoms with Gasteiger partial charge in [-0.05, 0) is 20.3 Å². The predicted octanol–water partition coefficient (Wildman–Crippen LogP) is 1.60. The van der Waals surface area contributed by atoms with Crippen molar-refractivity contribution >= 4 is 11.9 Å². The quantitative estimate of drug-likeness (QED) is 0.776. The van der Waals surface area contributed by atoms with Gasteiger partial charge in [0.15, 0.2) is 0 Å². The van der Waals surface area contributed by atoms with Crippen LogP contribution in [0.2, 0.25) is 0 Å². The predicted molar refractivity (Wildman–Crippen MR) is 52.5 cm³/mol. The summed E-state index contributed by atoms with van der Waals surface area (Å²) in [7, 11) is 0. The SMILES string of the molecule is CC1(C)C(C(F)C(=O)O)CCN1C(=O)C(F)(F)F. The van der Waals surface area contributed by atoms with Crippen molar-refractivity contribution in [2.45, 2.75) is 38.2 Å². The van der Waals surface area contributed by atoms with Crippen LogP contribution in [0.15, 0.2) is 0 Å². The number of hydrogen-bond acceptors (Lipinski definition) is 2. The lowest BCUT2D eigenvalue weighted by Gasteiger charge is -2.36. The summed E-state index contributed by atoms with van der Waals surface area (Å²) < 4.78 is 50.4. The average molecular weight is 271 g/mol. The van der Waals surface area contributed by atoms with Crippen molar-refractivity contribution in [1.82, 2.24) is 4.90 Å². The Hall–Kier alpha value is -1.34. The van der Waals surface area contributed by atoms with Crippen molar-refractivity contribution in [2.24, 2.45) is 5.92 Å². The van der Waals surface area contributed by atoms with Crippen LogP contribution in [-0.4, -0.2) is 46.3 Å². The van der Waals surface area contributed by atoms with E-state index in [1.54, 1.807) is 0 Å². The van der Waals surface area contributed by atoms with Crippen LogP contribution in [0, 0.1) is 5.92 Å². The van der Waals surface area contributed by atoms with Gasteiger partial charge in [-0.25, -0.2) is 9.18 Å². The molecule has 1 saturated heterocycles. The zero-order valence-corrected chi connectivity index (χ0v) is 9.79. The van der Waals surface area contributed by atoms with Crippen LogP contribution < -0.4 is 0 Å². The van der Waals surface area contributed by atoms with E-state index in [2.05, 4.69) is 0 Å². The summed E-state index contributed by atoms with van der Waals surface area (Å²) in [6.45, 7) is 2.18. The molecular formula is C10H13F4NO3. The van der Waals surface area contributed by atoms with Gasteiger partial charge in [-0.3, -0.25) is 4.79 Å². The molecule has 2 atom stereocenters. The summed E-state index contributed by atoms with van der Waals surface area (Å²) in [4.78, 5) is 22.2. The molecule has 104 valence electrons. The van der Waals surface area contributed by atoms with Crippen LogP contribution >= 0.6 is 0 Å². The van der Waals surface area contributed by atoms with Crippen molar-refractivity contribution in [2.75, 3.05) is 6.54 Å². The van der Waals surface area contributed by atoms with Crippen LogP contribution in [0.1, 0.15) is 20.3 Å². The largest absolute Gasteiger partial charge is 0.479 e. The highest BCUT2D eigenvalue weighted by Crippen LogP contribution is 2.40. The number of nitrogens with zero attached hydrogens (tertiary/aromatic N) is 1. The van der Waals surface area contributed by atoms with E-state index in [1.165, 1.54) is 13.8 Å². The first-order valence-electron chi connectivity index (χ1n) is 5.25. The fourth-order valence-corrected chi connectivity index (χ4v) is 2.30. The standard InChI is InChI=1S/C10H13F4NO3/c1-9(2)5(6(11)7(16)17)3-4-15(9)8(18)10(12,13)14/h5-6H,3-4H2,1-2H3,(H,16,17). The second-order valence-electron chi connectivity index (χ2n) is 4.74. The number of carbonyl (C=O) groups excluding carboxylic acids is 1. The Bertz CT molecular complexity index is 367. The van der Waals surface area contributed by atoms with Crippen LogP contribution in [0.5, 0.6) is 0 Å². The molecule has 1 fully saturated rings. The number of carboxylic acid groups (broad SMARTS) is 1. The fourth-order valence-electron chi connectivity index (χ4n) is 2.30. The molecule has 8 heteroatoms. The molecule has 1 aliphatic heterocycles. The van der Waals surface area contributed by atoms with Crippen LogP contribution in [-0.2, 0) is 9.59 Å². The Labute approximate surface area is 101 Å². The summed E-state index contributed by atoms with van der Waals surface area (Å²) in [5, 5.41) is 8.56. The van der Waals surface area contributed by atoms with Gasteiger partial charge in [0.2, 0.25) is 6.17 Å². The van der Waals surface area contributed by atoms with Gasteiger partial charge in [0, 0.05) is 18.0 Å². The van der Waals surface area contributed by atoms with Crippen molar-refractivity contribution in [1.29, 1.82) is 0 Å². The molecule has 0 aromatic heterocycles. The molecule has 0 saturated carbocycles. The van der Waals surface area contributed by atoms with E-state index in [0.29, 0.717) is 4.90 Å². The average Bonchev–Trinajstić information content (AvgIpc) is 2.49. The minimum atomic E-state index is -5.04. The molecule has 1 amide bonds. The van der Waals surface area contributed by atoms with E-state index < -0.39 is 35.7 Å². The lowest BCUT2D eigenvalue weighted by molar-refractivity contribution is -0.190. The molecule has 2 unspecified atom stereocenters. The number of likely N-dealkylation sites (tertiary alicyclic amines) is 1. The Morgan fingerprint density at radius 1 is 1.39 bits per heavy atom. The minimum absolute atomic E-state index is 0.109. The van der Waals surface area contributed by atoms with Gasteiger partial charge >= 0.3 is 18.1 Å². The zero-order valence-electron chi connectivity index (χ0n) is 9.79. The molecule has 0 aromatic carbocycles. The maximum Gasteiger partial charge on any atom is 0.471 e. The summed E-state index contributed by atoms with van der Waals surface area (Å²) in [6.07, 6.45) is -7.44. The smallest absolute Gasteiger partial charge is 0.471 e. The summed E-state index contributed by atoms with van der Waals surface area (Å²) >= 11 is 0. The highest BCUT2D eigenvalue weighted by Gasteiger charge is 2.55. The van der Waals surface area contributed by atoms with Gasteiger partial charge in [0.1, 0.15) is 0 Å². The number of carboxylic acids is 1. The zero-order chi connectivity index (χ0) is 14.3. The van der Waals surface area contributed by atoms with E-state index in [9.17, 15) is 27.2 Å². The van der Waals surface area contributed by atoms with Gasteiger partial charge < -0.3 is 10.0 Å². The van der Waals surface area contributed by atoms with Gasteiger partial charge in [-0.15, -0.1) is 0 Å². The summed E-state index contributed by atoms with van der Waals surface area (Å²) in [5.41, 5.74) is -1.48. The first-order valence-corrected chi connectivity index (χ1v) is 5.25. The topological polar surface area (TPSA) is 57.6 Å². The lowest BCUT2D eigenvalue weighted by Crippen LogP contribution is -2.53. The molecule has 0 radical (unpaired) electrons. The van der Waals surface area contributed by atoms with Crippen molar-refractivity contribution in [3.05, 3.63) is 0 Å². The third kappa shape index (κ3) is 2.41. The molecular weight excluding hydrogens is 258 g/mol. The van der Waals surface area contributed by atoms with E-state index in [4.69, 9.17) is 5.11 Å². The molecule has 0 spiro atoms. The number of amides is 1. The maximum absolute atomic E-state index is 13.4. The molecule has 1 aliphatic rings. The first kappa shape index (κ1) is 14.7. The second kappa shape index (κ2) is 4.40. The maximum atomic E-state index is 13.4. The number of halogens is 4. The van der Waals surface area contributed by atoms with Gasteiger partial charge in [0.05, 0.1) is 0 Å². The Kier molecular flexibility index (Phi) is 3.60. The first-order chi connectivity index (χ1) is 7.99. The number of hydrogen-bond donors (Lipinski definition) is 1. The Morgan fingerprint density at radius 2 is 1.89 bits per heavy atom. The second-order valence-corrected chi connectivity index (χ2v) is 4.74. The normalized spacial score (nSPS) is 25.0. The highest BCUT2D eigenvalue weighted by molar-refractivity contribution is 5.83. The van der Waals surface area contributed by atoms with Crippen molar-refractivity contribution in [3.8, 4) is 0 Å². The summed E-state index contributed by atoms with van der Waals surface area (Å²) in [5.74, 6) is -4.94. The monoisotopic (exact) mass is 271 g/mol. The molecule has 0 aliphatic carbocycles.